The Morgan fingerprint density at radius 3 is 2.64 bits per heavy atom. The number of hydrogen-bond acceptors (Lipinski definition) is 8. The summed E-state index contributed by atoms with van der Waals surface area (Å²) in [7, 11) is 0. The summed E-state index contributed by atoms with van der Waals surface area (Å²) >= 11 is 0. The Labute approximate surface area is 210 Å². The molecule has 0 saturated carbocycles. The molecule has 0 spiro atoms. The number of amides is 2. The number of nitrogens with one attached hydrogen (secondary N) is 5. The van der Waals surface area contributed by atoms with E-state index < -0.39 is 5.91 Å². The Kier molecular flexibility index (Phi) is 8.30. The highest BCUT2D eigenvalue weighted by molar-refractivity contribution is 6.07. The fraction of sp³-hybridized carbons (Fsp3) is 0.308. The number of hydrogen-bond donors (Lipinski definition) is 6. The van der Waals surface area contributed by atoms with Crippen molar-refractivity contribution >= 4 is 40.6 Å². The van der Waals surface area contributed by atoms with Gasteiger partial charge in [0.2, 0.25) is 11.9 Å². The van der Waals surface area contributed by atoms with E-state index in [0.29, 0.717) is 46.9 Å². The lowest BCUT2D eigenvalue weighted by Gasteiger charge is -2.25. The van der Waals surface area contributed by atoms with Crippen molar-refractivity contribution in [1.82, 2.24) is 15.3 Å². The van der Waals surface area contributed by atoms with Crippen molar-refractivity contribution in [2.24, 2.45) is 5.73 Å². The van der Waals surface area contributed by atoms with Crippen LogP contribution in [0.2, 0.25) is 0 Å². The summed E-state index contributed by atoms with van der Waals surface area (Å²) in [6.45, 7) is 4.67. The van der Waals surface area contributed by atoms with Gasteiger partial charge in [-0.3, -0.25) is 9.59 Å². The maximum Gasteiger partial charge on any atom is 0.260 e. The molecule has 7 N–H and O–H groups in total. The second kappa shape index (κ2) is 12.0. The molecule has 1 atom stereocenters. The van der Waals surface area contributed by atoms with Crippen LogP contribution in [0, 0.1) is 0 Å². The lowest BCUT2D eigenvalue weighted by atomic mass is 10.1. The Bertz CT molecular complexity index is 1190. The number of nitrogens with zero attached hydrogens (tertiary/aromatic N) is 2. The van der Waals surface area contributed by atoms with Gasteiger partial charge in [-0.2, -0.15) is 4.98 Å². The van der Waals surface area contributed by atoms with E-state index in [1.807, 2.05) is 31.2 Å². The molecule has 3 aromatic rings. The lowest BCUT2D eigenvalue weighted by molar-refractivity contribution is 0.0997. The Balaban J connectivity index is 1.47. The molecule has 0 bridgehead atoms. The van der Waals surface area contributed by atoms with Gasteiger partial charge < -0.3 is 32.3 Å². The van der Waals surface area contributed by atoms with Gasteiger partial charge >= 0.3 is 0 Å². The third kappa shape index (κ3) is 6.70. The number of aromatic nitrogens is 2. The summed E-state index contributed by atoms with van der Waals surface area (Å²) in [6, 6.07) is 14.7. The summed E-state index contributed by atoms with van der Waals surface area (Å²) in [5.74, 6) is -0.0404. The van der Waals surface area contributed by atoms with E-state index in [1.165, 1.54) is 6.20 Å². The average molecular weight is 489 g/mol. The van der Waals surface area contributed by atoms with Crippen LogP contribution in [-0.4, -0.2) is 47.5 Å². The molecule has 1 saturated heterocycles. The van der Waals surface area contributed by atoms with Gasteiger partial charge in [0.25, 0.3) is 5.91 Å². The van der Waals surface area contributed by atoms with Crippen LogP contribution < -0.4 is 32.3 Å². The zero-order valence-corrected chi connectivity index (χ0v) is 20.3. The molecule has 2 amide bonds. The molecule has 1 unspecified atom stereocenters. The van der Waals surface area contributed by atoms with Crippen LogP contribution in [0.1, 0.15) is 46.9 Å². The van der Waals surface area contributed by atoms with Gasteiger partial charge in [-0.25, -0.2) is 4.98 Å². The molecule has 1 fully saturated rings. The second-order valence-corrected chi connectivity index (χ2v) is 8.67. The summed E-state index contributed by atoms with van der Waals surface area (Å²) in [4.78, 5) is 33.3. The Morgan fingerprint density at radius 2 is 1.92 bits per heavy atom. The van der Waals surface area contributed by atoms with E-state index in [2.05, 4.69) is 36.6 Å². The molecule has 1 aromatic heterocycles. The van der Waals surface area contributed by atoms with E-state index in [-0.39, 0.29) is 5.91 Å². The second-order valence-electron chi connectivity index (χ2n) is 8.67. The van der Waals surface area contributed by atoms with Crippen LogP contribution in [0.4, 0.5) is 28.8 Å². The summed E-state index contributed by atoms with van der Waals surface area (Å²) in [5.41, 5.74) is 8.39. The zero-order chi connectivity index (χ0) is 25.3. The predicted octanol–water partition coefficient (Wildman–Crippen LogP) is 3.56. The van der Waals surface area contributed by atoms with Gasteiger partial charge in [0.05, 0.1) is 0 Å². The first-order valence-electron chi connectivity index (χ1n) is 12.2. The monoisotopic (exact) mass is 488 g/mol. The van der Waals surface area contributed by atoms with Gasteiger partial charge in [-0.05, 0) is 68.3 Å². The predicted molar refractivity (Wildman–Crippen MR) is 143 cm³/mol. The first-order chi connectivity index (χ1) is 17.5. The van der Waals surface area contributed by atoms with E-state index in [9.17, 15) is 9.59 Å². The highest BCUT2D eigenvalue weighted by atomic mass is 16.2. The number of anilines is 5. The molecule has 1 aliphatic rings. The Hall–Kier alpha value is -4.18. The number of benzene rings is 2. The largest absolute Gasteiger partial charge is 0.381 e. The van der Waals surface area contributed by atoms with Crippen LogP contribution in [0.25, 0.3) is 0 Å². The standard InChI is InChI=1S/C26H32N8O2/c1-2-12-29-24-22(16-30-26(34-24)33-18-10-8-17(9-11-18)23(27)35)25(36)32-20-6-3-5-19(14-20)31-21-7-4-13-28-15-21/h3,5-6,8-11,14,16,21,28,31H,2,4,7,12-13,15H2,1H3,(H2,27,35)(H,32,36)(H2,29,30,33,34). The fourth-order valence-electron chi connectivity index (χ4n) is 3.93. The number of rotatable bonds is 10. The van der Waals surface area contributed by atoms with Crippen molar-refractivity contribution in [2.45, 2.75) is 32.2 Å². The van der Waals surface area contributed by atoms with Crippen molar-refractivity contribution in [3.05, 3.63) is 65.9 Å². The molecule has 2 aromatic carbocycles. The molecular formula is C26H32N8O2. The average Bonchev–Trinajstić information content (AvgIpc) is 2.88. The number of piperidine rings is 1. The van der Waals surface area contributed by atoms with Gasteiger partial charge in [0.15, 0.2) is 0 Å². The van der Waals surface area contributed by atoms with Gasteiger partial charge in [-0.1, -0.05) is 13.0 Å². The molecule has 0 radical (unpaired) electrons. The molecule has 2 heterocycles. The van der Waals surface area contributed by atoms with Crippen molar-refractivity contribution in [3.8, 4) is 0 Å². The quantitative estimate of drug-likeness (QED) is 0.254. The van der Waals surface area contributed by atoms with Crippen molar-refractivity contribution in [3.63, 3.8) is 0 Å². The van der Waals surface area contributed by atoms with Crippen molar-refractivity contribution in [1.29, 1.82) is 0 Å². The van der Waals surface area contributed by atoms with E-state index >= 15 is 0 Å². The highest BCUT2D eigenvalue weighted by Crippen LogP contribution is 2.22. The van der Waals surface area contributed by atoms with Gasteiger partial charge in [-0.15, -0.1) is 0 Å². The molecular weight excluding hydrogens is 456 g/mol. The minimum Gasteiger partial charge on any atom is -0.381 e. The first-order valence-corrected chi connectivity index (χ1v) is 12.2. The minimum atomic E-state index is -0.494. The van der Waals surface area contributed by atoms with Crippen LogP contribution in [-0.2, 0) is 0 Å². The smallest absolute Gasteiger partial charge is 0.260 e. The number of carbonyl (C=O) groups excluding carboxylic acids is 2. The molecule has 1 aliphatic heterocycles. The highest BCUT2D eigenvalue weighted by Gasteiger charge is 2.17. The number of carbonyl (C=O) groups is 2. The third-order valence-electron chi connectivity index (χ3n) is 5.79. The van der Waals surface area contributed by atoms with Crippen LogP contribution in [0.5, 0.6) is 0 Å². The van der Waals surface area contributed by atoms with E-state index in [1.54, 1.807) is 24.3 Å². The molecule has 188 valence electrons. The van der Waals surface area contributed by atoms with Crippen molar-refractivity contribution < 1.29 is 9.59 Å². The molecule has 0 aliphatic carbocycles. The zero-order valence-electron chi connectivity index (χ0n) is 20.3. The molecule has 10 heteroatoms. The molecule has 36 heavy (non-hydrogen) atoms. The topological polar surface area (TPSA) is 146 Å². The summed E-state index contributed by atoms with van der Waals surface area (Å²) < 4.78 is 0. The molecule has 10 nitrogen and oxygen atoms in total. The Morgan fingerprint density at radius 1 is 1.11 bits per heavy atom. The molecule has 4 rings (SSSR count). The first kappa shape index (κ1) is 24.9. The number of primary amides is 1. The normalized spacial score (nSPS) is 15.1. The lowest BCUT2D eigenvalue weighted by Crippen LogP contribution is -2.38. The van der Waals surface area contributed by atoms with E-state index in [4.69, 9.17) is 5.73 Å². The third-order valence-corrected chi connectivity index (χ3v) is 5.79. The maximum absolute atomic E-state index is 13.1. The van der Waals surface area contributed by atoms with Gasteiger partial charge in [0, 0.05) is 48.0 Å². The maximum atomic E-state index is 13.1. The summed E-state index contributed by atoms with van der Waals surface area (Å²) in [5, 5.41) is 16.2. The van der Waals surface area contributed by atoms with Crippen LogP contribution in [0.3, 0.4) is 0 Å². The van der Waals surface area contributed by atoms with E-state index in [0.717, 1.165) is 38.0 Å². The summed E-state index contributed by atoms with van der Waals surface area (Å²) in [6.07, 6.45) is 4.62. The van der Waals surface area contributed by atoms with Crippen molar-refractivity contribution in [2.75, 3.05) is 40.9 Å². The minimum absolute atomic E-state index is 0.303. The SMILES string of the molecule is CCCNc1nc(Nc2ccc(C(N)=O)cc2)ncc1C(=O)Nc1cccc(NC2CCCNC2)c1. The fourth-order valence-corrected chi connectivity index (χ4v) is 3.93. The van der Waals surface area contributed by atoms with Crippen LogP contribution >= 0.6 is 0 Å². The van der Waals surface area contributed by atoms with Gasteiger partial charge in [0.1, 0.15) is 11.4 Å². The van der Waals surface area contributed by atoms with Crippen LogP contribution in [0.15, 0.2) is 54.7 Å². The number of nitrogens with two attached hydrogens (primary N) is 1.